The van der Waals surface area contributed by atoms with Crippen LogP contribution in [-0.2, 0) is 4.74 Å². The van der Waals surface area contributed by atoms with Crippen molar-refractivity contribution in [3.63, 3.8) is 0 Å². The number of pyridine rings is 1. The number of hydrogen-bond acceptors (Lipinski definition) is 3. The highest BCUT2D eigenvalue weighted by molar-refractivity contribution is 6.32. The van der Waals surface area contributed by atoms with Gasteiger partial charge in [0.05, 0.1) is 30.8 Å². The van der Waals surface area contributed by atoms with Crippen molar-refractivity contribution in [2.75, 3.05) is 26.3 Å². The third kappa shape index (κ3) is 2.16. The standard InChI is InChI=1S/C13H14ClFN2O/c14-12-5-16-3-1-10(12)11-2-4-17(6-13(11)15)9-7-18-8-9/h1,3,5,9H,2,4,6-8H2. The number of hydrogen-bond donors (Lipinski definition) is 0. The first-order valence-electron chi connectivity index (χ1n) is 6.05. The SMILES string of the molecule is FC1=C(c2ccncc2Cl)CCN(C2COC2)C1. The molecular formula is C13H14ClFN2O. The molecule has 18 heavy (non-hydrogen) atoms. The third-order valence-corrected chi connectivity index (χ3v) is 3.85. The largest absolute Gasteiger partial charge is 0.378 e. The molecule has 0 radical (unpaired) electrons. The van der Waals surface area contributed by atoms with Crippen LogP contribution in [0.4, 0.5) is 4.39 Å². The Balaban J connectivity index is 1.83. The highest BCUT2D eigenvalue weighted by atomic mass is 35.5. The van der Waals surface area contributed by atoms with Crippen molar-refractivity contribution >= 4 is 17.2 Å². The van der Waals surface area contributed by atoms with Gasteiger partial charge in [0, 0.05) is 24.5 Å². The van der Waals surface area contributed by atoms with E-state index in [2.05, 4.69) is 9.88 Å². The fraction of sp³-hybridized carbons (Fsp3) is 0.462. The first kappa shape index (κ1) is 12.1. The molecular weight excluding hydrogens is 255 g/mol. The summed E-state index contributed by atoms with van der Waals surface area (Å²) in [6, 6.07) is 2.16. The molecule has 96 valence electrons. The molecule has 0 bridgehead atoms. The first-order valence-corrected chi connectivity index (χ1v) is 6.42. The molecule has 2 aliphatic heterocycles. The summed E-state index contributed by atoms with van der Waals surface area (Å²) in [6.45, 7) is 2.66. The molecule has 1 fully saturated rings. The molecule has 1 saturated heterocycles. The van der Waals surface area contributed by atoms with Gasteiger partial charge in [-0.25, -0.2) is 4.39 Å². The lowest BCUT2D eigenvalue weighted by molar-refractivity contribution is -0.0637. The Morgan fingerprint density at radius 2 is 2.28 bits per heavy atom. The molecule has 0 saturated carbocycles. The second-order valence-corrected chi connectivity index (χ2v) is 5.06. The lowest BCUT2D eigenvalue weighted by Crippen LogP contribution is -2.50. The van der Waals surface area contributed by atoms with E-state index in [1.807, 2.05) is 0 Å². The van der Waals surface area contributed by atoms with Crippen LogP contribution in [0.1, 0.15) is 12.0 Å². The van der Waals surface area contributed by atoms with E-state index in [0.29, 0.717) is 24.0 Å². The van der Waals surface area contributed by atoms with Gasteiger partial charge in [-0.1, -0.05) is 11.6 Å². The van der Waals surface area contributed by atoms with Crippen molar-refractivity contribution in [2.24, 2.45) is 0 Å². The van der Waals surface area contributed by atoms with Crippen LogP contribution < -0.4 is 0 Å². The van der Waals surface area contributed by atoms with Crippen molar-refractivity contribution in [1.29, 1.82) is 0 Å². The van der Waals surface area contributed by atoms with Gasteiger partial charge >= 0.3 is 0 Å². The molecule has 0 spiro atoms. The maximum atomic E-state index is 14.2. The van der Waals surface area contributed by atoms with Crippen LogP contribution in [0, 0.1) is 0 Å². The molecule has 0 aromatic carbocycles. The first-order chi connectivity index (χ1) is 8.75. The van der Waals surface area contributed by atoms with Gasteiger partial charge < -0.3 is 4.74 Å². The van der Waals surface area contributed by atoms with Gasteiger partial charge in [0.15, 0.2) is 0 Å². The van der Waals surface area contributed by atoms with Crippen LogP contribution in [0.15, 0.2) is 24.3 Å². The summed E-state index contributed by atoms with van der Waals surface area (Å²) in [5.74, 6) is -0.0822. The minimum absolute atomic E-state index is 0.0822. The summed E-state index contributed by atoms with van der Waals surface area (Å²) in [6.07, 6.45) is 3.89. The van der Waals surface area contributed by atoms with Crippen molar-refractivity contribution in [3.8, 4) is 0 Å². The van der Waals surface area contributed by atoms with E-state index < -0.39 is 0 Å². The number of aromatic nitrogens is 1. The van der Waals surface area contributed by atoms with E-state index in [4.69, 9.17) is 16.3 Å². The van der Waals surface area contributed by atoms with Gasteiger partial charge in [-0.05, 0) is 18.1 Å². The van der Waals surface area contributed by atoms with Crippen molar-refractivity contribution in [1.82, 2.24) is 9.88 Å². The van der Waals surface area contributed by atoms with Gasteiger partial charge in [-0.2, -0.15) is 0 Å². The Morgan fingerprint density at radius 3 is 2.89 bits per heavy atom. The average molecular weight is 269 g/mol. The third-order valence-electron chi connectivity index (χ3n) is 3.55. The van der Waals surface area contributed by atoms with Gasteiger partial charge in [0.1, 0.15) is 5.83 Å². The molecule has 0 unspecified atom stereocenters. The van der Waals surface area contributed by atoms with E-state index in [1.54, 1.807) is 18.5 Å². The minimum Gasteiger partial charge on any atom is -0.378 e. The summed E-state index contributed by atoms with van der Waals surface area (Å²) >= 11 is 6.06. The van der Waals surface area contributed by atoms with Crippen LogP contribution in [0.2, 0.25) is 5.02 Å². The van der Waals surface area contributed by atoms with Crippen LogP contribution in [0.25, 0.3) is 5.57 Å². The second kappa shape index (κ2) is 4.96. The maximum absolute atomic E-state index is 14.2. The quantitative estimate of drug-likeness (QED) is 0.824. The van der Waals surface area contributed by atoms with E-state index in [1.165, 1.54) is 0 Å². The van der Waals surface area contributed by atoms with Crippen molar-refractivity contribution in [2.45, 2.75) is 12.5 Å². The van der Waals surface area contributed by atoms with E-state index in [-0.39, 0.29) is 5.83 Å². The lowest BCUT2D eigenvalue weighted by atomic mass is 9.98. The second-order valence-electron chi connectivity index (χ2n) is 4.65. The molecule has 0 aliphatic carbocycles. The molecule has 1 aromatic rings. The summed E-state index contributed by atoms with van der Waals surface area (Å²) in [5.41, 5.74) is 1.49. The van der Waals surface area contributed by atoms with Crippen LogP contribution in [0.3, 0.4) is 0 Å². The molecule has 2 aliphatic rings. The van der Waals surface area contributed by atoms with Gasteiger partial charge in [-0.15, -0.1) is 0 Å². The summed E-state index contributed by atoms with van der Waals surface area (Å²) in [7, 11) is 0. The molecule has 5 heteroatoms. The van der Waals surface area contributed by atoms with Crippen molar-refractivity contribution < 1.29 is 9.13 Å². The van der Waals surface area contributed by atoms with E-state index in [9.17, 15) is 4.39 Å². The number of rotatable bonds is 2. The minimum atomic E-state index is -0.0822. The summed E-state index contributed by atoms with van der Waals surface area (Å²) in [5, 5.41) is 0.517. The van der Waals surface area contributed by atoms with Gasteiger partial charge in [0.2, 0.25) is 0 Å². The van der Waals surface area contributed by atoms with Crippen LogP contribution in [0.5, 0.6) is 0 Å². The Labute approximate surface area is 110 Å². The molecule has 0 N–H and O–H groups in total. The van der Waals surface area contributed by atoms with E-state index >= 15 is 0 Å². The lowest BCUT2D eigenvalue weighted by Gasteiger charge is -2.39. The zero-order valence-electron chi connectivity index (χ0n) is 9.90. The molecule has 3 nitrogen and oxygen atoms in total. The zero-order chi connectivity index (χ0) is 12.5. The average Bonchev–Trinajstić information content (AvgIpc) is 2.28. The van der Waals surface area contributed by atoms with E-state index in [0.717, 1.165) is 30.9 Å². The molecule has 1 aromatic heterocycles. The highest BCUT2D eigenvalue weighted by Gasteiger charge is 2.30. The van der Waals surface area contributed by atoms with Crippen LogP contribution in [-0.4, -0.2) is 42.2 Å². The van der Waals surface area contributed by atoms with Crippen LogP contribution >= 0.6 is 11.6 Å². The maximum Gasteiger partial charge on any atom is 0.118 e. The van der Waals surface area contributed by atoms with Crippen molar-refractivity contribution in [3.05, 3.63) is 34.9 Å². The smallest absolute Gasteiger partial charge is 0.118 e. The molecule has 3 rings (SSSR count). The number of nitrogens with zero attached hydrogens (tertiary/aromatic N) is 2. The summed E-state index contributed by atoms with van der Waals surface area (Å²) in [4.78, 5) is 6.06. The number of ether oxygens (including phenoxy) is 1. The normalized spacial score (nSPS) is 22.1. The molecule has 0 atom stereocenters. The molecule has 3 heterocycles. The zero-order valence-corrected chi connectivity index (χ0v) is 10.7. The Kier molecular flexibility index (Phi) is 3.33. The fourth-order valence-corrected chi connectivity index (χ4v) is 2.62. The predicted molar refractivity (Wildman–Crippen MR) is 68.1 cm³/mol. The highest BCUT2D eigenvalue weighted by Crippen LogP contribution is 2.33. The van der Waals surface area contributed by atoms with Gasteiger partial charge in [-0.3, -0.25) is 9.88 Å². The Morgan fingerprint density at radius 1 is 1.44 bits per heavy atom. The van der Waals surface area contributed by atoms with Gasteiger partial charge in [0.25, 0.3) is 0 Å². The topological polar surface area (TPSA) is 25.4 Å². The monoisotopic (exact) mass is 268 g/mol. The predicted octanol–water partition coefficient (Wildman–Crippen LogP) is 2.52. The fourth-order valence-electron chi connectivity index (χ4n) is 2.39. The molecule has 0 amide bonds. The Hall–Kier alpha value is -0.970. The Bertz CT molecular complexity index is 488. The number of halogens is 2. The summed E-state index contributed by atoms with van der Waals surface area (Å²) < 4.78 is 19.3.